The lowest BCUT2D eigenvalue weighted by molar-refractivity contribution is -0.126. The van der Waals surface area contributed by atoms with Crippen molar-refractivity contribution in [2.75, 3.05) is 26.8 Å². The molecule has 2 aromatic rings. The first kappa shape index (κ1) is 28.3. The van der Waals surface area contributed by atoms with E-state index in [4.69, 9.17) is 20.9 Å². The number of carbonyl (C=O) groups is 3. The Kier molecular flexibility index (Phi) is 9.81. The lowest BCUT2D eigenvalue weighted by atomic mass is 10.0. The quantitative estimate of drug-likeness (QED) is 0.378. The lowest BCUT2D eigenvalue weighted by Gasteiger charge is -2.24. The molecular weight excluding hydrogens is 478 g/mol. The average Bonchev–Trinajstić information content (AvgIpc) is 3.10. The smallest absolute Gasteiger partial charge is 0.410 e. The van der Waals surface area contributed by atoms with Crippen molar-refractivity contribution < 1.29 is 23.9 Å². The standard InChI is InChI=1S/C25H39N7O5/c1-25(2,27)23(34)28-19(16-36-14-17-9-6-4-5-7-10-17)22-30-29-21-12-8-11-18(32(21)22)15-37-24(35)31(3)13-20(26)33/h8,11-12,17,19H,4-7,9-10,13-16,27H2,1-3H3,(H2,26,33)(H,28,34)/t19-/m1/s1. The van der Waals surface area contributed by atoms with E-state index < -0.39 is 23.6 Å². The van der Waals surface area contributed by atoms with Crippen LogP contribution in [-0.4, -0.2) is 69.8 Å². The molecule has 204 valence electrons. The van der Waals surface area contributed by atoms with Crippen LogP contribution in [0.1, 0.15) is 69.9 Å². The van der Waals surface area contributed by atoms with Crippen LogP contribution in [0.4, 0.5) is 4.79 Å². The summed E-state index contributed by atoms with van der Waals surface area (Å²) in [5, 5.41) is 11.5. The summed E-state index contributed by atoms with van der Waals surface area (Å²) in [7, 11) is 1.42. The van der Waals surface area contributed by atoms with Crippen LogP contribution in [0.25, 0.3) is 5.65 Å². The van der Waals surface area contributed by atoms with Crippen LogP contribution < -0.4 is 16.8 Å². The number of rotatable bonds is 11. The molecule has 3 rings (SSSR count). The van der Waals surface area contributed by atoms with Gasteiger partial charge < -0.3 is 31.2 Å². The normalized spacial score (nSPS) is 15.7. The van der Waals surface area contributed by atoms with Crippen molar-refractivity contribution in [3.05, 3.63) is 29.7 Å². The van der Waals surface area contributed by atoms with E-state index in [-0.39, 0.29) is 25.7 Å². The number of primary amides is 1. The summed E-state index contributed by atoms with van der Waals surface area (Å²) in [5.74, 6) is -0.0740. The third-order valence-corrected chi connectivity index (χ3v) is 6.40. The van der Waals surface area contributed by atoms with Gasteiger partial charge in [-0.3, -0.25) is 14.0 Å². The molecule has 2 aromatic heterocycles. The van der Waals surface area contributed by atoms with Gasteiger partial charge in [-0.25, -0.2) is 4.79 Å². The van der Waals surface area contributed by atoms with Crippen molar-refractivity contribution in [2.24, 2.45) is 17.4 Å². The van der Waals surface area contributed by atoms with Crippen molar-refractivity contribution in [1.82, 2.24) is 24.8 Å². The van der Waals surface area contributed by atoms with Gasteiger partial charge in [0.15, 0.2) is 11.5 Å². The number of carbonyl (C=O) groups excluding carboxylic acids is 3. The second-order valence-electron chi connectivity index (χ2n) is 10.3. The molecule has 1 fully saturated rings. The van der Waals surface area contributed by atoms with Crippen LogP contribution >= 0.6 is 0 Å². The van der Waals surface area contributed by atoms with E-state index in [1.54, 1.807) is 36.4 Å². The Morgan fingerprint density at radius 2 is 1.89 bits per heavy atom. The van der Waals surface area contributed by atoms with Gasteiger partial charge in [-0.1, -0.05) is 31.7 Å². The number of hydrogen-bond donors (Lipinski definition) is 3. The van der Waals surface area contributed by atoms with E-state index in [9.17, 15) is 14.4 Å². The summed E-state index contributed by atoms with van der Waals surface area (Å²) in [6.07, 6.45) is 6.52. The van der Waals surface area contributed by atoms with Crippen molar-refractivity contribution in [3.8, 4) is 0 Å². The third-order valence-electron chi connectivity index (χ3n) is 6.40. The molecule has 37 heavy (non-hydrogen) atoms. The van der Waals surface area contributed by atoms with Crippen LogP contribution in [0.15, 0.2) is 18.2 Å². The van der Waals surface area contributed by atoms with E-state index in [2.05, 4.69) is 15.5 Å². The largest absolute Gasteiger partial charge is 0.443 e. The van der Waals surface area contributed by atoms with Gasteiger partial charge >= 0.3 is 6.09 Å². The van der Waals surface area contributed by atoms with Gasteiger partial charge in [0.1, 0.15) is 19.2 Å². The van der Waals surface area contributed by atoms with Gasteiger partial charge in [-0.15, -0.1) is 10.2 Å². The molecule has 1 aliphatic carbocycles. The molecule has 0 aliphatic heterocycles. The first-order valence-corrected chi connectivity index (χ1v) is 12.7. The zero-order valence-corrected chi connectivity index (χ0v) is 21.9. The Morgan fingerprint density at radius 3 is 2.54 bits per heavy atom. The molecule has 2 heterocycles. The highest BCUT2D eigenvalue weighted by Crippen LogP contribution is 2.24. The first-order valence-electron chi connectivity index (χ1n) is 12.7. The summed E-state index contributed by atoms with van der Waals surface area (Å²) in [6, 6.07) is 4.66. The average molecular weight is 518 g/mol. The number of nitrogens with two attached hydrogens (primary N) is 2. The third kappa shape index (κ3) is 8.12. The molecule has 0 unspecified atom stereocenters. The maximum Gasteiger partial charge on any atom is 0.410 e. The summed E-state index contributed by atoms with van der Waals surface area (Å²) >= 11 is 0. The fraction of sp³-hybridized carbons (Fsp3) is 0.640. The van der Waals surface area contributed by atoms with Crippen LogP contribution in [-0.2, 0) is 25.7 Å². The molecule has 0 radical (unpaired) electrons. The molecule has 0 bridgehead atoms. The van der Waals surface area contributed by atoms with Crippen molar-refractivity contribution in [1.29, 1.82) is 0 Å². The molecule has 1 aliphatic rings. The van der Waals surface area contributed by atoms with Crippen molar-refractivity contribution >= 4 is 23.6 Å². The minimum atomic E-state index is -1.11. The molecule has 5 N–H and O–H groups in total. The summed E-state index contributed by atoms with van der Waals surface area (Å²) < 4.78 is 13.2. The highest BCUT2D eigenvalue weighted by atomic mass is 16.6. The maximum absolute atomic E-state index is 12.8. The molecule has 12 heteroatoms. The summed E-state index contributed by atoms with van der Waals surface area (Å²) in [5.41, 5.74) is 11.2. The maximum atomic E-state index is 12.8. The number of fused-ring (bicyclic) bond motifs is 1. The first-order chi connectivity index (χ1) is 17.6. The highest BCUT2D eigenvalue weighted by Gasteiger charge is 2.29. The van der Waals surface area contributed by atoms with Gasteiger partial charge in [-0.05, 0) is 44.7 Å². The summed E-state index contributed by atoms with van der Waals surface area (Å²) in [4.78, 5) is 37.3. The zero-order valence-electron chi connectivity index (χ0n) is 21.9. The minimum absolute atomic E-state index is 0.115. The SMILES string of the molecule is CN(CC(N)=O)C(=O)OCc1cccc2nnc([C@@H](COCC3CCCCCC3)NC(=O)C(C)(C)N)n12. The monoisotopic (exact) mass is 517 g/mol. The number of hydrogen-bond acceptors (Lipinski definition) is 8. The van der Waals surface area contributed by atoms with Gasteiger partial charge in [0.25, 0.3) is 0 Å². The number of amides is 3. The Labute approximate surface area is 217 Å². The molecule has 0 aromatic carbocycles. The van der Waals surface area contributed by atoms with E-state index in [1.165, 1.54) is 32.7 Å². The van der Waals surface area contributed by atoms with Gasteiger partial charge in [0.2, 0.25) is 11.8 Å². The second kappa shape index (κ2) is 12.8. The molecule has 1 saturated carbocycles. The molecule has 0 saturated heterocycles. The van der Waals surface area contributed by atoms with Crippen LogP contribution in [0.5, 0.6) is 0 Å². The number of nitrogens with one attached hydrogen (secondary N) is 1. The highest BCUT2D eigenvalue weighted by molar-refractivity contribution is 5.85. The van der Waals surface area contributed by atoms with Crippen LogP contribution in [0, 0.1) is 5.92 Å². The summed E-state index contributed by atoms with van der Waals surface area (Å²) in [6.45, 7) is 3.67. The predicted molar refractivity (Wildman–Crippen MR) is 136 cm³/mol. The minimum Gasteiger partial charge on any atom is -0.443 e. The van der Waals surface area contributed by atoms with Gasteiger partial charge in [0.05, 0.1) is 17.8 Å². The molecule has 0 spiro atoms. The van der Waals surface area contributed by atoms with Crippen molar-refractivity contribution in [2.45, 2.75) is 70.6 Å². The van der Waals surface area contributed by atoms with Gasteiger partial charge in [-0.2, -0.15) is 0 Å². The fourth-order valence-electron chi connectivity index (χ4n) is 4.32. The van der Waals surface area contributed by atoms with E-state index in [0.29, 0.717) is 29.7 Å². The predicted octanol–water partition coefficient (Wildman–Crippen LogP) is 1.66. The number of aromatic nitrogens is 3. The van der Waals surface area contributed by atoms with E-state index >= 15 is 0 Å². The van der Waals surface area contributed by atoms with Gasteiger partial charge in [0, 0.05) is 13.7 Å². The molecule has 3 amide bonds. The van der Waals surface area contributed by atoms with E-state index in [0.717, 1.165) is 17.7 Å². The second-order valence-corrected chi connectivity index (χ2v) is 10.3. The van der Waals surface area contributed by atoms with E-state index in [1.807, 2.05) is 0 Å². The van der Waals surface area contributed by atoms with Crippen LogP contribution in [0.3, 0.4) is 0 Å². The van der Waals surface area contributed by atoms with Crippen molar-refractivity contribution in [3.63, 3.8) is 0 Å². The number of ether oxygens (including phenoxy) is 2. The number of likely N-dealkylation sites (N-methyl/N-ethyl adjacent to an activating group) is 1. The lowest BCUT2D eigenvalue weighted by Crippen LogP contribution is -2.51. The molecule has 1 atom stereocenters. The fourth-order valence-corrected chi connectivity index (χ4v) is 4.32. The van der Waals surface area contributed by atoms with Crippen LogP contribution in [0.2, 0.25) is 0 Å². The Morgan fingerprint density at radius 1 is 1.19 bits per heavy atom. The topological polar surface area (TPSA) is 167 Å². The Balaban J connectivity index is 1.80. The Hall–Kier alpha value is -3.25. The number of nitrogens with zero attached hydrogens (tertiary/aromatic N) is 4. The molecular formula is C25H39N7O5. The zero-order chi connectivity index (χ0) is 27.0. The molecule has 12 nitrogen and oxygen atoms in total. The Bertz CT molecular complexity index is 1070. The number of pyridine rings is 1.